The van der Waals surface area contributed by atoms with Crippen LogP contribution in [0.3, 0.4) is 0 Å². The van der Waals surface area contributed by atoms with Gasteiger partial charge in [-0.1, -0.05) is 36.4 Å². The van der Waals surface area contributed by atoms with Crippen LogP contribution in [-0.4, -0.2) is 52.5 Å². The predicted molar refractivity (Wildman–Crippen MR) is 105 cm³/mol. The Labute approximate surface area is 160 Å². The predicted octanol–water partition coefficient (Wildman–Crippen LogP) is 1.52. The van der Waals surface area contributed by atoms with Crippen molar-refractivity contribution in [2.75, 3.05) is 18.8 Å². The molecular formula is C20H30N3O2S+. The molecule has 0 aliphatic carbocycles. The topological polar surface area (TPSA) is 66.0 Å². The van der Waals surface area contributed by atoms with Crippen molar-refractivity contribution in [3.63, 3.8) is 0 Å². The Bertz CT molecular complexity index is 654. The number of benzene rings is 1. The number of thioether (sulfide) groups is 1. The molecule has 142 valence electrons. The van der Waals surface area contributed by atoms with E-state index < -0.39 is 0 Å². The molecule has 2 atom stereocenters. The van der Waals surface area contributed by atoms with Crippen molar-refractivity contribution in [1.82, 2.24) is 10.2 Å². The van der Waals surface area contributed by atoms with Gasteiger partial charge in [-0.25, -0.2) is 0 Å². The Morgan fingerprint density at radius 1 is 1.31 bits per heavy atom. The lowest BCUT2D eigenvalue weighted by Crippen LogP contribution is -3.00. The molecule has 1 spiro atoms. The number of amides is 2. The fourth-order valence-corrected chi connectivity index (χ4v) is 5.09. The van der Waals surface area contributed by atoms with Gasteiger partial charge in [0, 0.05) is 37.5 Å². The number of quaternary nitrogens is 1. The van der Waals surface area contributed by atoms with Crippen LogP contribution < -0.4 is 10.6 Å². The van der Waals surface area contributed by atoms with Crippen LogP contribution in [0.15, 0.2) is 24.3 Å². The zero-order valence-electron chi connectivity index (χ0n) is 16.0. The molecule has 0 unspecified atom stereocenters. The summed E-state index contributed by atoms with van der Waals surface area (Å²) in [5, 5.41) is 5.35. The van der Waals surface area contributed by atoms with E-state index in [1.54, 1.807) is 0 Å². The molecule has 2 fully saturated rings. The van der Waals surface area contributed by atoms with Gasteiger partial charge in [0.1, 0.15) is 4.87 Å². The fraction of sp³-hybridized carbons (Fsp3) is 0.600. The molecular weight excluding hydrogens is 346 g/mol. The SMILES string of the molecule is CC[C@H](C)NC(=O)[C@@H]1CSC2(CCN(C(=O)c3ccc(C)cc3)CC2)[NH2+]1. The second-order valence-electron chi connectivity index (χ2n) is 7.63. The van der Waals surface area contributed by atoms with Gasteiger partial charge in [-0.3, -0.25) is 9.59 Å². The van der Waals surface area contributed by atoms with E-state index in [2.05, 4.69) is 17.6 Å². The van der Waals surface area contributed by atoms with Gasteiger partial charge in [0.05, 0.1) is 5.75 Å². The van der Waals surface area contributed by atoms with Crippen LogP contribution in [0, 0.1) is 6.92 Å². The molecule has 2 aliphatic rings. The van der Waals surface area contributed by atoms with Crippen LogP contribution in [0.25, 0.3) is 0 Å². The van der Waals surface area contributed by atoms with E-state index >= 15 is 0 Å². The summed E-state index contributed by atoms with van der Waals surface area (Å²) in [5.41, 5.74) is 1.93. The zero-order chi connectivity index (χ0) is 18.7. The quantitative estimate of drug-likeness (QED) is 0.837. The molecule has 26 heavy (non-hydrogen) atoms. The Hall–Kier alpha value is -1.53. The van der Waals surface area contributed by atoms with Crippen LogP contribution in [0.1, 0.15) is 49.0 Å². The first-order valence-electron chi connectivity index (χ1n) is 9.59. The average molecular weight is 377 g/mol. The largest absolute Gasteiger partial charge is 0.348 e. The molecule has 0 saturated carbocycles. The lowest BCUT2D eigenvalue weighted by molar-refractivity contribution is -0.714. The lowest BCUT2D eigenvalue weighted by Gasteiger charge is -2.36. The summed E-state index contributed by atoms with van der Waals surface area (Å²) < 4.78 is 0. The van der Waals surface area contributed by atoms with Crippen LogP contribution in [0.2, 0.25) is 0 Å². The number of aryl methyl sites for hydroxylation is 1. The van der Waals surface area contributed by atoms with Gasteiger partial charge in [-0.2, -0.15) is 0 Å². The van der Waals surface area contributed by atoms with Gasteiger partial charge in [0.15, 0.2) is 6.04 Å². The van der Waals surface area contributed by atoms with Crippen molar-refractivity contribution in [1.29, 1.82) is 0 Å². The van der Waals surface area contributed by atoms with Crippen molar-refractivity contribution in [2.24, 2.45) is 0 Å². The van der Waals surface area contributed by atoms with Crippen molar-refractivity contribution in [3.8, 4) is 0 Å². The number of hydrogen-bond acceptors (Lipinski definition) is 3. The number of nitrogens with two attached hydrogens (primary N) is 1. The number of carbonyl (C=O) groups excluding carboxylic acids is 2. The van der Waals surface area contributed by atoms with Gasteiger partial charge in [-0.05, 0) is 32.4 Å². The van der Waals surface area contributed by atoms with E-state index in [1.165, 1.54) is 0 Å². The summed E-state index contributed by atoms with van der Waals surface area (Å²) >= 11 is 1.89. The molecule has 5 nitrogen and oxygen atoms in total. The molecule has 2 heterocycles. The molecule has 0 radical (unpaired) electrons. The highest BCUT2D eigenvalue weighted by atomic mass is 32.2. The van der Waals surface area contributed by atoms with Crippen LogP contribution in [0.4, 0.5) is 0 Å². The molecule has 3 N–H and O–H groups in total. The van der Waals surface area contributed by atoms with Crippen LogP contribution in [-0.2, 0) is 4.79 Å². The Morgan fingerprint density at radius 3 is 2.58 bits per heavy atom. The van der Waals surface area contributed by atoms with Crippen molar-refractivity contribution in [2.45, 2.75) is 57.0 Å². The minimum absolute atomic E-state index is 0.00616. The standard InChI is InChI=1S/C20H29N3O2S/c1-4-15(3)21-18(24)17-13-26-20(22-17)9-11-23(12-10-20)19(25)16-7-5-14(2)6-8-16/h5-8,15,17,22H,4,9-13H2,1-3H3,(H,21,24)/p+1/t15-,17-/m0/s1. The number of carbonyl (C=O) groups is 2. The normalized spacial score (nSPS) is 23.0. The van der Waals surface area contributed by atoms with Crippen molar-refractivity contribution < 1.29 is 14.9 Å². The molecule has 1 aromatic carbocycles. The van der Waals surface area contributed by atoms with E-state index in [0.29, 0.717) is 0 Å². The lowest BCUT2D eigenvalue weighted by atomic mass is 10.0. The summed E-state index contributed by atoms with van der Waals surface area (Å²) in [4.78, 5) is 27.1. The number of likely N-dealkylation sites (tertiary alicyclic amines) is 1. The number of hydrogen-bond donors (Lipinski definition) is 2. The summed E-state index contributed by atoms with van der Waals surface area (Å²) in [6, 6.07) is 8.01. The van der Waals surface area contributed by atoms with Crippen LogP contribution in [0.5, 0.6) is 0 Å². The molecule has 2 saturated heterocycles. The third kappa shape index (κ3) is 4.23. The first-order chi connectivity index (χ1) is 12.4. The first-order valence-corrected chi connectivity index (χ1v) is 10.6. The van der Waals surface area contributed by atoms with E-state index in [0.717, 1.165) is 49.2 Å². The number of piperidine rings is 1. The maximum Gasteiger partial charge on any atom is 0.279 e. The smallest absolute Gasteiger partial charge is 0.279 e. The maximum atomic E-state index is 12.7. The number of nitrogens with zero attached hydrogens (tertiary/aromatic N) is 1. The van der Waals surface area contributed by atoms with Gasteiger partial charge in [0.2, 0.25) is 0 Å². The van der Waals surface area contributed by atoms with Crippen molar-refractivity contribution >= 4 is 23.6 Å². The highest BCUT2D eigenvalue weighted by molar-refractivity contribution is 8.00. The second-order valence-corrected chi connectivity index (χ2v) is 9.06. The number of nitrogens with one attached hydrogen (secondary N) is 1. The highest BCUT2D eigenvalue weighted by Gasteiger charge is 2.48. The highest BCUT2D eigenvalue weighted by Crippen LogP contribution is 2.34. The van der Waals surface area contributed by atoms with Gasteiger partial charge in [0.25, 0.3) is 11.8 Å². The molecule has 1 aromatic rings. The molecule has 2 aliphatic heterocycles. The van der Waals surface area contributed by atoms with Gasteiger partial charge in [-0.15, -0.1) is 0 Å². The summed E-state index contributed by atoms with van der Waals surface area (Å²) in [6.07, 6.45) is 2.82. The summed E-state index contributed by atoms with van der Waals surface area (Å²) in [5.74, 6) is 1.13. The monoisotopic (exact) mass is 376 g/mol. The van der Waals surface area contributed by atoms with Crippen molar-refractivity contribution in [3.05, 3.63) is 35.4 Å². The molecule has 2 amide bonds. The first kappa shape index (κ1) is 19.2. The molecule has 0 aromatic heterocycles. The minimum atomic E-state index is -0.00616. The van der Waals surface area contributed by atoms with E-state index in [-0.39, 0.29) is 28.8 Å². The van der Waals surface area contributed by atoms with Gasteiger partial charge >= 0.3 is 0 Å². The maximum absolute atomic E-state index is 12.7. The summed E-state index contributed by atoms with van der Waals surface area (Å²) in [6.45, 7) is 7.68. The molecule has 6 heteroatoms. The third-order valence-corrected chi connectivity index (χ3v) is 7.23. The van der Waals surface area contributed by atoms with E-state index in [4.69, 9.17) is 0 Å². The Kier molecular flexibility index (Phi) is 5.92. The van der Waals surface area contributed by atoms with Crippen LogP contribution >= 0.6 is 11.8 Å². The Morgan fingerprint density at radius 2 is 1.96 bits per heavy atom. The van der Waals surface area contributed by atoms with E-state index in [9.17, 15) is 9.59 Å². The van der Waals surface area contributed by atoms with E-state index in [1.807, 2.05) is 54.8 Å². The summed E-state index contributed by atoms with van der Waals surface area (Å²) in [7, 11) is 0. The zero-order valence-corrected chi connectivity index (χ0v) is 16.8. The minimum Gasteiger partial charge on any atom is -0.348 e. The number of rotatable bonds is 4. The second kappa shape index (κ2) is 8.01. The average Bonchev–Trinajstić information content (AvgIpc) is 3.06. The fourth-order valence-electron chi connectivity index (χ4n) is 3.60. The molecule has 0 bridgehead atoms. The third-order valence-electron chi connectivity index (χ3n) is 5.59. The van der Waals surface area contributed by atoms with Gasteiger partial charge < -0.3 is 15.5 Å². The Balaban J connectivity index is 1.54. The molecule has 3 rings (SSSR count).